The Hall–Kier alpha value is -1.40. The van der Waals surface area contributed by atoms with Crippen molar-refractivity contribution in [3.63, 3.8) is 0 Å². The lowest BCUT2D eigenvalue weighted by Crippen LogP contribution is -2.49. The first kappa shape index (κ1) is 20.9. The Kier molecular flexibility index (Phi) is 7.65. The summed E-state index contributed by atoms with van der Waals surface area (Å²) in [6.45, 7) is -0.247. The molecule has 2 aliphatic rings. The van der Waals surface area contributed by atoms with Crippen LogP contribution in [0.2, 0.25) is 0 Å². The number of alkyl halides is 2. The molecule has 26 heavy (non-hydrogen) atoms. The van der Waals surface area contributed by atoms with Crippen molar-refractivity contribution in [1.82, 2.24) is 5.32 Å². The normalized spacial score (nSPS) is 27.5. The molecule has 1 aromatic rings. The van der Waals surface area contributed by atoms with Gasteiger partial charge >= 0.3 is 0 Å². The lowest BCUT2D eigenvalue weighted by molar-refractivity contribution is -0.128. The smallest absolute Gasteiger partial charge is 0.272 e. The number of hydrogen-bond acceptors (Lipinski definition) is 3. The van der Waals surface area contributed by atoms with Gasteiger partial charge in [-0.05, 0) is 55.2 Å². The quantitative estimate of drug-likeness (QED) is 0.783. The standard InChI is InChI=1S/C19H26F2N2O2.ClH/c20-17(21)11-25-16-6-1-3-12(7-16)10-23-19(24)15-8-13-4-2-5-14(9-15)18(13)22;/h1,3,6-7,13-15,17-18H,2,4-5,8-11,22H2,(H,23,24);1H. The van der Waals surface area contributed by atoms with Crippen molar-refractivity contribution in [3.8, 4) is 5.75 Å². The van der Waals surface area contributed by atoms with Crippen LogP contribution in [-0.2, 0) is 11.3 Å². The molecule has 1 amide bonds. The Bertz CT molecular complexity index is 589. The van der Waals surface area contributed by atoms with Crippen LogP contribution in [0.4, 0.5) is 8.78 Å². The van der Waals surface area contributed by atoms with Gasteiger partial charge in [-0.2, -0.15) is 0 Å². The molecular formula is C19H27ClF2N2O2. The minimum absolute atomic E-state index is 0. The molecule has 0 spiro atoms. The Labute approximate surface area is 159 Å². The van der Waals surface area contributed by atoms with E-state index in [2.05, 4.69) is 5.32 Å². The van der Waals surface area contributed by atoms with Crippen molar-refractivity contribution in [2.75, 3.05) is 6.61 Å². The largest absolute Gasteiger partial charge is 0.488 e. The number of rotatable bonds is 6. The SMILES string of the molecule is Cl.NC1C2CCCC1CC(C(=O)NCc1cccc(OCC(F)F)c1)C2. The molecular weight excluding hydrogens is 362 g/mol. The Morgan fingerprint density at radius 2 is 1.96 bits per heavy atom. The average Bonchev–Trinajstić information content (AvgIpc) is 2.58. The van der Waals surface area contributed by atoms with Gasteiger partial charge in [0.15, 0.2) is 0 Å². The maximum atomic E-state index is 12.5. The molecule has 0 aliphatic heterocycles. The monoisotopic (exact) mass is 388 g/mol. The van der Waals surface area contributed by atoms with Gasteiger partial charge in [-0.15, -0.1) is 12.4 Å². The highest BCUT2D eigenvalue weighted by Crippen LogP contribution is 2.41. The third kappa shape index (κ3) is 5.30. The van der Waals surface area contributed by atoms with Gasteiger partial charge in [-0.3, -0.25) is 4.79 Å². The molecule has 2 saturated carbocycles. The molecule has 2 aliphatic carbocycles. The summed E-state index contributed by atoms with van der Waals surface area (Å²) in [4.78, 5) is 12.5. The molecule has 1 aromatic carbocycles. The van der Waals surface area contributed by atoms with Crippen molar-refractivity contribution in [2.24, 2.45) is 23.5 Å². The van der Waals surface area contributed by atoms with Crippen LogP contribution in [-0.4, -0.2) is 25.0 Å². The van der Waals surface area contributed by atoms with Crippen LogP contribution in [0.15, 0.2) is 24.3 Å². The van der Waals surface area contributed by atoms with Gasteiger partial charge in [-0.1, -0.05) is 18.6 Å². The van der Waals surface area contributed by atoms with Crippen molar-refractivity contribution in [3.05, 3.63) is 29.8 Å². The molecule has 3 N–H and O–H groups in total. The van der Waals surface area contributed by atoms with E-state index < -0.39 is 13.0 Å². The Balaban J connectivity index is 0.00000243. The Morgan fingerprint density at radius 3 is 2.62 bits per heavy atom. The van der Waals surface area contributed by atoms with Gasteiger partial charge in [0.25, 0.3) is 6.43 Å². The predicted molar refractivity (Wildman–Crippen MR) is 98.6 cm³/mol. The van der Waals surface area contributed by atoms with Gasteiger partial charge in [0.1, 0.15) is 12.4 Å². The van der Waals surface area contributed by atoms with Crippen LogP contribution in [0.5, 0.6) is 5.75 Å². The highest BCUT2D eigenvalue weighted by Gasteiger charge is 2.40. The minimum atomic E-state index is -2.50. The number of benzene rings is 1. The fourth-order valence-corrected chi connectivity index (χ4v) is 4.24. The van der Waals surface area contributed by atoms with Crippen LogP contribution >= 0.6 is 12.4 Å². The van der Waals surface area contributed by atoms with Crippen molar-refractivity contribution < 1.29 is 18.3 Å². The molecule has 0 saturated heterocycles. The van der Waals surface area contributed by atoms with Gasteiger partial charge in [0, 0.05) is 18.5 Å². The highest BCUT2D eigenvalue weighted by atomic mass is 35.5. The second kappa shape index (κ2) is 9.51. The fourth-order valence-electron chi connectivity index (χ4n) is 4.24. The van der Waals surface area contributed by atoms with Crippen molar-refractivity contribution in [1.29, 1.82) is 0 Å². The lowest BCUT2D eigenvalue weighted by atomic mass is 9.65. The second-order valence-corrected chi connectivity index (χ2v) is 7.26. The topological polar surface area (TPSA) is 64.4 Å². The molecule has 2 bridgehead atoms. The number of ether oxygens (including phenoxy) is 1. The van der Waals surface area contributed by atoms with E-state index in [1.165, 1.54) is 6.42 Å². The van der Waals surface area contributed by atoms with E-state index >= 15 is 0 Å². The highest BCUT2D eigenvalue weighted by molar-refractivity contribution is 5.85. The number of carbonyl (C=O) groups excluding carboxylic acids is 1. The van der Waals surface area contributed by atoms with E-state index in [-0.39, 0.29) is 30.3 Å². The number of nitrogens with one attached hydrogen (secondary N) is 1. The van der Waals surface area contributed by atoms with Gasteiger partial charge < -0.3 is 15.8 Å². The van der Waals surface area contributed by atoms with E-state index in [4.69, 9.17) is 10.5 Å². The molecule has 0 radical (unpaired) electrons. The summed E-state index contributed by atoms with van der Waals surface area (Å²) in [6.07, 6.45) is 2.74. The predicted octanol–water partition coefficient (Wildman–Crippen LogP) is 3.52. The first-order valence-electron chi connectivity index (χ1n) is 9.06. The van der Waals surface area contributed by atoms with Crippen LogP contribution in [0.1, 0.15) is 37.7 Å². The zero-order chi connectivity index (χ0) is 17.8. The van der Waals surface area contributed by atoms with E-state index in [1.807, 2.05) is 6.07 Å². The summed E-state index contributed by atoms with van der Waals surface area (Å²) < 4.78 is 29.4. The van der Waals surface area contributed by atoms with Crippen LogP contribution in [0.3, 0.4) is 0 Å². The van der Waals surface area contributed by atoms with E-state index in [1.54, 1.807) is 18.2 Å². The summed E-state index contributed by atoms with van der Waals surface area (Å²) in [5.41, 5.74) is 7.12. The summed E-state index contributed by atoms with van der Waals surface area (Å²) in [7, 11) is 0. The van der Waals surface area contributed by atoms with Crippen LogP contribution in [0, 0.1) is 17.8 Å². The molecule has 3 rings (SSSR count). The second-order valence-electron chi connectivity index (χ2n) is 7.26. The first-order valence-corrected chi connectivity index (χ1v) is 9.06. The fraction of sp³-hybridized carbons (Fsp3) is 0.632. The maximum absolute atomic E-state index is 12.5. The maximum Gasteiger partial charge on any atom is 0.272 e. The number of hydrogen-bond donors (Lipinski definition) is 2. The molecule has 2 fully saturated rings. The lowest BCUT2D eigenvalue weighted by Gasteiger charge is -2.43. The van der Waals surface area contributed by atoms with Crippen molar-refractivity contribution >= 4 is 18.3 Å². The van der Waals surface area contributed by atoms with E-state index in [9.17, 15) is 13.6 Å². The number of carbonyl (C=O) groups is 1. The van der Waals surface area contributed by atoms with E-state index in [0.29, 0.717) is 24.1 Å². The zero-order valence-electron chi connectivity index (χ0n) is 14.7. The number of nitrogens with two attached hydrogens (primary N) is 1. The summed E-state index contributed by atoms with van der Waals surface area (Å²) >= 11 is 0. The summed E-state index contributed by atoms with van der Waals surface area (Å²) in [5.74, 6) is 1.44. The molecule has 0 aromatic heterocycles. The van der Waals surface area contributed by atoms with Crippen molar-refractivity contribution in [2.45, 2.75) is 51.1 Å². The third-order valence-corrected chi connectivity index (χ3v) is 5.52. The molecule has 4 nitrogen and oxygen atoms in total. The van der Waals surface area contributed by atoms with Crippen LogP contribution in [0.25, 0.3) is 0 Å². The van der Waals surface area contributed by atoms with Gasteiger partial charge in [0.05, 0.1) is 0 Å². The minimum Gasteiger partial charge on any atom is -0.488 e. The van der Waals surface area contributed by atoms with Gasteiger partial charge in [-0.25, -0.2) is 8.78 Å². The number of fused-ring (bicyclic) bond motifs is 2. The molecule has 0 heterocycles. The molecule has 2 atom stereocenters. The number of halogens is 3. The third-order valence-electron chi connectivity index (χ3n) is 5.52. The number of amides is 1. The van der Waals surface area contributed by atoms with Gasteiger partial charge in [0.2, 0.25) is 5.91 Å². The zero-order valence-corrected chi connectivity index (χ0v) is 15.5. The summed E-state index contributed by atoms with van der Waals surface area (Å²) in [5, 5.41) is 2.98. The Morgan fingerprint density at radius 1 is 1.27 bits per heavy atom. The van der Waals surface area contributed by atoms with E-state index in [0.717, 1.165) is 31.2 Å². The molecule has 146 valence electrons. The molecule has 7 heteroatoms. The average molecular weight is 389 g/mol. The molecule has 2 unspecified atom stereocenters. The van der Waals surface area contributed by atoms with Crippen LogP contribution < -0.4 is 15.8 Å². The summed E-state index contributed by atoms with van der Waals surface area (Å²) in [6, 6.07) is 7.17. The first-order chi connectivity index (χ1) is 12.0.